The van der Waals surface area contributed by atoms with Crippen LogP contribution < -0.4 is 10.0 Å². The summed E-state index contributed by atoms with van der Waals surface area (Å²) in [6.07, 6.45) is 4.93. The summed E-state index contributed by atoms with van der Waals surface area (Å²) < 4.78 is 31.5. The van der Waals surface area contributed by atoms with E-state index in [2.05, 4.69) is 23.9 Å². The lowest BCUT2D eigenvalue weighted by Gasteiger charge is -2.08. The molecule has 0 radical (unpaired) electrons. The fraction of sp³-hybridized carbons (Fsp3) is 1.00. The van der Waals surface area contributed by atoms with E-state index in [0.29, 0.717) is 25.1 Å². The zero-order valence-electron chi connectivity index (χ0n) is 12.9. The van der Waals surface area contributed by atoms with E-state index in [1.165, 1.54) is 12.8 Å². The molecule has 0 bridgehead atoms. The van der Waals surface area contributed by atoms with Crippen molar-refractivity contribution in [2.45, 2.75) is 52.0 Å². The molecule has 2 N–H and O–H groups in total. The van der Waals surface area contributed by atoms with Crippen LogP contribution in [0.2, 0.25) is 0 Å². The van der Waals surface area contributed by atoms with Crippen LogP contribution in [0.1, 0.15) is 46.0 Å². The topological polar surface area (TPSA) is 67.4 Å². The van der Waals surface area contributed by atoms with Crippen molar-refractivity contribution in [2.24, 2.45) is 5.92 Å². The van der Waals surface area contributed by atoms with E-state index in [4.69, 9.17) is 4.74 Å². The standard InChI is InChI=1S/C14H30N2O3S/c1-13(2)12-19-10-5-9-16-20(17,18)11-4-3-8-15-14-6-7-14/h13-16H,3-12H2,1-2H3. The van der Waals surface area contributed by atoms with Gasteiger partial charge in [0, 0.05) is 25.8 Å². The molecular formula is C14H30N2O3S. The van der Waals surface area contributed by atoms with Gasteiger partial charge in [-0.25, -0.2) is 13.1 Å². The van der Waals surface area contributed by atoms with Crippen molar-refractivity contribution in [3.63, 3.8) is 0 Å². The molecule has 20 heavy (non-hydrogen) atoms. The zero-order chi connectivity index (χ0) is 14.8. The first kappa shape index (κ1) is 17.9. The lowest BCUT2D eigenvalue weighted by molar-refractivity contribution is 0.108. The molecule has 0 amide bonds. The molecule has 1 aliphatic carbocycles. The van der Waals surface area contributed by atoms with Crippen LogP contribution in [0, 0.1) is 5.92 Å². The molecule has 0 aromatic rings. The van der Waals surface area contributed by atoms with Crippen LogP contribution in [0.4, 0.5) is 0 Å². The highest BCUT2D eigenvalue weighted by Crippen LogP contribution is 2.18. The monoisotopic (exact) mass is 306 g/mol. The summed E-state index contributed by atoms with van der Waals surface area (Å²) in [4.78, 5) is 0. The summed E-state index contributed by atoms with van der Waals surface area (Å²) in [6, 6.07) is 0.704. The van der Waals surface area contributed by atoms with Crippen LogP contribution in [-0.2, 0) is 14.8 Å². The molecule has 0 saturated heterocycles. The van der Waals surface area contributed by atoms with Crippen molar-refractivity contribution in [3.05, 3.63) is 0 Å². The number of hydrogen-bond acceptors (Lipinski definition) is 4. The van der Waals surface area contributed by atoms with Crippen LogP contribution in [0.15, 0.2) is 0 Å². The van der Waals surface area contributed by atoms with E-state index < -0.39 is 10.0 Å². The van der Waals surface area contributed by atoms with Gasteiger partial charge < -0.3 is 10.1 Å². The van der Waals surface area contributed by atoms with E-state index in [9.17, 15) is 8.42 Å². The number of nitrogens with one attached hydrogen (secondary N) is 2. The van der Waals surface area contributed by atoms with Gasteiger partial charge in [-0.1, -0.05) is 13.8 Å². The van der Waals surface area contributed by atoms with Crippen molar-refractivity contribution in [2.75, 3.05) is 32.1 Å². The van der Waals surface area contributed by atoms with Gasteiger partial charge in [0.1, 0.15) is 0 Å². The van der Waals surface area contributed by atoms with Crippen LogP contribution in [0.25, 0.3) is 0 Å². The van der Waals surface area contributed by atoms with E-state index in [-0.39, 0.29) is 5.75 Å². The third-order valence-corrected chi connectivity index (χ3v) is 4.56. The molecule has 1 saturated carbocycles. The van der Waals surface area contributed by atoms with Gasteiger partial charge in [0.15, 0.2) is 0 Å². The Balaban J connectivity index is 1.91. The first-order valence-corrected chi connectivity index (χ1v) is 9.43. The second-order valence-electron chi connectivity index (χ2n) is 5.97. The highest BCUT2D eigenvalue weighted by atomic mass is 32.2. The molecule has 0 aliphatic heterocycles. The molecule has 1 fully saturated rings. The Labute approximate surface area is 123 Å². The summed E-state index contributed by atoms with van der Waals surface area (Å²) in [6.45, 7) is 6.96. The van der Waals surface area contributed by atoms with Gasteiger partial charge in [-0.2, -0.15) is 0 Å². The van der Waals surface area contributed by atoms with E-state index in [1.54, 1.807) is 0 Å². The second kappa shape index (κ2) is 9.71. The fourth-order valence-electron chi connectivity index (χ4n) is 1.80. The van der Waals surface area contributed by atoms with Crippen molar-refractivity contribution in [1.29, 1.82) is 0 Å². The van der Waals surface area contributed by atoms with E-state index in [1.807, 2.05) is 0 Å². The van der Waals surface area contributed by atoms with Gasteiger partial charge in [-0.3, -0.25) is 0 Å². The molecular weight excluding hydrogens is 276 g/mol. The van der Waals surface area contributed by atoms with Gasteiger partial charge in [-0.15, -0.1) is 0 Å². The van der Waals surface area contributed by atoms with Crippen molar-refractivity contribution < 1.29 is 13.2 Å². The Bertz CT molecular complexity index is 340. The lowest BCUT2D eigenvalue weighted by Crippen LogP contribution is -2.28. The minimum atomic E-state index is -3.10. The van der Waals surface area contributed by atoms with Gasteiger partial charge >= 0.3 is 0 Å². The van der Waals surface area contributed by atoms with Crippen LogP contribution in [0.5, 0.6) is 0 Å². The summed E-state index contributed by atoms with van der Waals surface area (Å²) in [5.74, 6) is 0.752. The maximum atomic E-state index is 11.7. The number of ether oxygens (including phenoxy) is 1. The van der Waals surface area contributed by atoms with Crippen LogP contribution in [-0.4, -0.2) is 46.5 Å². The maximum absolute atomic E-state index is 11.7. The van der Waals surface area contributed by atoms with Gasteiger partial charge in [0.25, 0.3) is 0 Å². The summed E-state index contributed by atoms with van der Waals surface area (Å²) >= 11 is 0. The second-order valence-corrected chi connectivity index (χ2v) is 7.90. The number of unbranched alkanes of at least 4 members (excludes halogenated alkanes) is 1. The van der Waals surface area contributed by atoms with Crippen molar-refractivity contribution >= 4 is 10.0 Å². The Morgan fingerprint density at radius 2 is 1.90 bits per heavy atom. The summed E-state index contributed by atoms with van der Waals surface area (Å²) in [5, 5.41) is 3.39. The van der Waals surface area contributed by atoms with Gasteiger partial charge in [-0.05, 0) is 44.6 Å². The molecule has 1 aliphatic rings. The predicted molar refractivity (Wildman–Crippen MR) is 82.3 cm³/mol. The van der Waals surface area contributed by atoms with Crippen molar-refractivity contribution in [1.82, 2.24) is 10.0 Å². The quantitative estimate of drug-likeness (QED) is 0.506. The normalized spacial score (nSPS) is 15.9. The first-order chi connectivity index (χ1) is 9.49. The molecule has 0 aromatic carbocycles. The molecule has 0 atom stereocenters. The Kier molecular flexibility index (Phi) is 8.68. The average Bonchev–Trinajstić information content (AvgIpc) is 3.16. The molecule has 1 rings (SSSR count). The number of rotatable bonds is 13. The molecule has 0 spiro atoms. The molecule has 0 heterocycles. The Morgan fingerprint density at radius 3 is 2.55 bits per heavy atom. The number of hydrogen-bond donors (Lipinski definition) is 2. The van der Waals surface area contributed by atoms with Crippen molar-refractivity contribution in [3.8, 4) is 0 Å². The third kappa shape index (κ3) is 10.6. The minimum absolute atomic E-state index is 0.228. The first-order valence-electron chi connectivity index (χ1n) is 7.78. The maximum Gasteiger partial charge on any atom is 0.211 e. The van der Waals surface area contributed by atoms with E-state index in [0.717, 1.165) is 32.4 Å². The molecule has 0 unspecified atom stereocenters. The van der Waals surface area contributed by atoms with Crippen LogP contribution >= 0.6 is 0 Å². The Morgan fingerprint density at radius 1 is 1.15 bits per heavy atom. The van der Waals surface area contributed by atoms with E-state index >= 15 is 0 Å². The fourth-order valence-corrected chi connectivity index (χ4v) is 2.99. The highest BCUT2D eigenvalue weighted by Gasteiger charge is 2.19. The van der Waals surface area contributed by atoms with Gasteiger partial charge in [0.2, 0.25) is 10.0 Å². The Hall–Kier alpha value is -0.170. The minimum Gasteiger partial charge on any atom is -0.381 e. The third-order valence-electron chi connectivity index (χ3n) is 3.09. The molecule has 6 heteroatoms. The molecule has 5 nitrogen and oxygen atoms in total. The zero-order valence-corrected chi connectivity index (χ0v) is 13.7. The smallest absolute Gasteiger partial charge is 0.211 e. The SMILES string of the molecule is CC(C)COCCCNS(=O)(=O)CCCCNC1CC1. The lowest BCUT2D eigenvalue weighted by atomic mass is 10.2. The van der Waals surface area contributed by atoms with Gasteiger partial charge in [0.05, 0.1) is 5.75 Å². The number of sulfonamides is 1. The summed E-state index contributed by atoms with van der Waals surface area (Å²) in [7, 11) is -3.10. The highest BCUT2D eigenvalue weighted by molar-refractivity contribution is 7.89. The molecule has 120 valence electrons. The predicted octanol–water partition coefficient (Wildman–Crippen LogP) is 1.50. The van der Waals surface area contributed by atoms with Crippen LogP contribution in [0.3, 0.4) is 0 Å². The average molecular weight is 306 g/mol. The molecule has 0 aromatic heterocycles. The largest absolute Gasteiger partial charge is 0.381 e. The summed E-state index contributed by atoms with van der Waals surface area (Å²) in [5.41, 5.74) is 0.